The summed E-state index contributed by atoms with van der Waals surface area (Å²) in [6.45, 7) is 9.55. The van der Waals surface area contributed by atoms with Gasteiger partial charge in [0.05, 0.1) is 5.69 Å². The maximum absolute atomic E-state index is 12.4. The summed E-state index contributed by atoms with van der Waals surface area (Å²) in [4.78, 5) is 24.6. The fraction of sp³-hybridized carbons (Fsp3) is 0.400. The van der Waals surface area contributed by atoms with Gasteiger partial charge in [-0.3, -0.25) is 5.32 Å². The molecule has 2 N–H and O–H groups in total. The number of nitrogens with one attached hydrogen (secondary N) is 1. The second kappa shape index (κ2) is 7.91. The molecule has 1 heterocycles. The van der Waals surface area contributed by atoms with Gasteiger partial charge in [0.25, 0.3) is 0 Å². The molecule has 6 heteroatoms. The molecule has 0 spiro atoms. The molecule has 140 valence electrons. The van der Waals surface area contributed by atoms with Crippen molar-refractivity contribution in [1.82, 2.24) is 0 Å². The number of carbonyl (C=O) groups excluding carboxylic acids is 1. The lowest BCUT2D eigenvalue weighted by Gasteiger charge is -2.22. The topological polar surface area (TPSA) is 75.6 Å². The SMILES string of the molecule is CCc1ccc(-c2ccc(C(=O)O)s2)c(NC(=O)OC(C)(C)C)c1CC. The van der Waals surface area contributed by atoms with Crippen LogP contribution in [0.25, 0.3) is 10.4 Å². The highest BCUT2D eigenvalue weighted by molar-refractivity contribution is 7.17. The van der Waals surface area contributed by atoms with Gasteiger partial charge in [-0.2, -0.15) is 0 Å². The number of thiophene rings is 1. The van der Waals surface area contributed by atoms with Crippen LogP contribution in [0.4, 0.5) is 10.5 Å². The van der Waals surface area contributed by atoms with E-state index in [0.717, 1.165) is 34.4 Å². The highest BCUT2D eigenvalue weighted by Crippen LogP contribution is 2.38. The summed E-state index contributed by atoms with van der Waals surface area (Å²) in [5.41, 5.74) is 3.10. The number of carboxylic acids is 1. The van der Waals surface area contributed by atoms with E-state index >= 15 is 0 Å². The quantitative estimate of drug-likeness (QED) is 0.715. The number of hydrogen-bond acceptors (Lipinski definition) is 4. The molecule has 0 radical (unpaired) electrons. The Bertz CT molecular complexity index is 818. The minimum atomic E-state index is -0.955. The molecule has 26 heavy (non-hydrogen) atoms. The number of ether oxygens (including phenoxy) is 1. The van der Waals surface area contributed by atoms with Crippen LogP contribution in [0.3, 0.4) is 0 Å². The first kappa shape index (κ1) is 20.0. The zero-order chi connectivity index (χ0) is 19.5. The molecule has 2 rings (SSSR count). The number of aryl methyl sites for hydroxylation is 1. The Kier molecular flexibility index (Phi) is 6.08. The first-order valence-corrected chi connectivity index (χ1v) is 9.46. The van der Waals surface area contributed by atoms with E-state index in [1.807, 2.05) is 39.8 Å². The molecule has 1 aromatic heterocycles. The number of carbonyl (C=O) groups is 2. The molecule has 2 aromatic rings. The summed E-state index contributed by atoms with van der Waals surface area (Å²) in [5.74, 6) is -0.955. The number of hydrogen-bond donors (Lipinski definition) is 2. The molecule has 0 unspecified atom stereocenters. The van der Waals surface area contributed by atoms with E-state index < -0.39 is 17.7 Å². The van der Waals surface area contributed by atoms with Crippen molar-refractivity contribution in [3.8, 4) is 10.4 Å². The first-order valence-electron chi connectivity index (χ1n) is 8.64. The fourth-order valence-corrected chi connectivity index (χ4v) is 3.65. The van der Waals surface area contributed by atoms with Crippen LogP contribution < -0.4 is 5.32 Å². The predicted octanol–water partition coefficient (Wildman–Crippen LogP) is 5.59. The third-order valence-corrected chi connectivity index (χ3v) is 4.96. The van der Waals surface area contributed by atoms with Crippen LogP contribution in [0.1, 0.15) is 55.4 Å². The monoisotopic (exact) mass is 375 g/mol. The summed E-state index contributed by atoms with van der Waals surface area (Å²) in [6.07, 6.45) is 1.08. The lowest BCUT2D eigenvalue weighted by Crippen LogP contribution is -2.27. The van der Waals surface area contributed by atoms with Gasteiger partial charge in [0, 0.05) is 10.4 Å². The predicted molar refractivity (Wildman–Crippen MR) is 105 cm³/mol. The standard InChI is InChI=1S/C20H25NO4S/c1-6-12-8-9-14(15-10-11-16(26-15)18(22)23)17(13(12)7-2)21-19(24)25-20(3,4)5/h8-11H,6-7H2,1-5H3,(H,21,24)(H,22,23). The molecule has 0 atom stereocenters. The van der Waals surface area contributed by atoms with E-state index in [-0.39, 0.29) is 4.88 Å². The zero-order valence-electron chi connectivity index (χ0n) is 15.8. The molecule has 0 fully saturated rings. The Labute approximate surface area is 158 Å². The van der Waals surface area contributed by atoms with Gasteiger partial charge in [-0.25, -0.2) is 9.59 Å². The van der Waals surface area contributed by atoms with Crippen molar-refractivity contribution in [1.29, 1.82) is 0 Å². The molecule has 1 amide bonds. The molecule has 5 nitrogen and oxygen atoms in total. The van der Waals surface area contributed by atoms with Crippen LogP contribution in [-0.2, 0) is 17.6 Å². The van der Waals surface area contributed by atoms with E-state index in [9.17, 15) is 14.7 Å². The normalized spacial score (nSPS) is 11.3. The van der Waals surface area contributed by atoms with Crippen LogP contribution in [0.2, 0.25) is 0 Å². The second-order valence-electron chi connectivity index (χ2n) is 6.93. The Morgan fingerprint density at radius 3 is 2.31 bits per heavy atom. The molecule has 0 aliphatic rings. The zero-order valence-corrected chi connectivity index (χ0v) is 16.6. The average Bonchev–Trinajstić information content (AvgIpc) is 3.02. The Hall–Kier alpha value is -2.34. The van der Waals surface area contributed by atoms with Crippen molar-refractivity contribution >= 4 is 29.1 Å². The molecule has 0 aliphatic carbocycles. The number of benzene rings is 1. The summed E-state index contributed by atoms with van der Waals surface area (Å²) in [7, 11) is 0. The maximum atomic E-state index is 12.4. The highest BCUT2D eigenvalue weighted by atomic mass is 32.1. The highest BCUT2D eigenvalue weighted by Gasteiger charge is 2.21. The summed E-state index contributed by atoms with van der Waals surface area (Å²) in [5, 5.41) is 12.1. The Morgan fingerprint density at radius 2 is 1.81 bits per heavy atom. The van der Waals surface area contributed by atoms with Crippen molar-refractivity contribution in [2.45, 2.75) is 53.1 Å². The van der Waals surface area contributed by atoms with Crippen LogP contribution in [0.5, 0.6) is 0 Å². The second-order valence-corrected chi connectivity index (χ2v) is 8.01. The van der Waals surface area contributed by atoms with Crippen molar-refractivity contribution < 1.29 is 19.4 Å². The minimum Gasteiger partial charge on any atom is -0.477 e. The van der Waals surface area contributed by atoms with Gasteiger partial charge in [0.2, 0.25) is 0 Å². The number of rotatable bonds is 5. The van der Waals surface area contributed by atoms with Crippen LogP contribution in [0.15, 0.2) is 24.3 Å². The summed E-state index contributed by atoms with van der Waals surface area (Å²) >= 11 is 1.19. The average molecular weight is 375 g/mol. The molecule has 1 aromatic carbocycles. The third kappa shape index (κ3) is 4.64. The van der Waals surface area contributed by atoms with E-state index in [0.29, 0.717) is 5.69 Å². The van der Waals surface area contributed by atoms with E-state index in [2.05, 4.69) is 12.2 Å². The minimum absolute atomic E-state index is 0.265. The third-order valence-electron chi connectivity index (χ3n) is 3.85. The van der Waals surface area contributed by atoms with Crippen molar-refractivity contribution in [2.75, 3.05) is 5.32 Å². The van der Waals surface area contributed by atoms with Gasteiger partial charge < -0.3 is 9.84 Å². The summed E-state index contributed by atoms with van der Waals surface area (Å²) in [6, 6.07) is 7.32. The van der Waals surface area contributed by atoms with Crippen molar-refractivity contribution in [2.24, 2.45) is 0 Å². The number of carboxylic acid groups (broad SMARTS) is 1. The van der Waals surface area contributed by atoms with Gasteiger partial charge in [0.15, 0.2) is 0 Å². The molecular weight excluding hydrogens is 350 g/mol. The molecule has 0 saturated heterocycles. The lowest BCUT2D eigenvalue weighted by atomic mass is 9.96. The van der Waals surface area contributed by atoms with Crippen molar-refractivity contribution in [3.05, 3.63) is 40.3 Å². The van der Waals surface area contributed by atoms with Gasteiger partial charge in [-0.15, -0.1) is 11.3 Å². The molecule has 0 aliphatic heterocycles. The molecule has 0 bridgehead atoms. The number of aromatic carboxylic acids is 1. The van der Waals surface area contributed by atoms with Gasteiger partial charge in [0.1, 0.15) is 10.5 Å². The number of anilines is 1. The van der Waals surface area contributed by atoms with Gasteiger partial charge in [-0.1, -0.05) is 26.0 Å². The van der Waals surface area contributed by atoms with Crippen LogP contribution >= 0.6 is 11.3 Å². The Morgan fingerprint density at radius 1 is 1.12 bits per heavy atom. The van der Waals surface area contributed by atoms with Crippen LogP contribution in [0, 0.1) is 0 Å². The van der Waals surface area contributed by atoms with Gasteiger partial charge >= 0.3 is 12.1 Å². The van der Waals surface area contributed by atoms with E-state index in [1.54, 1.807) is 12.1 Å². The lowest BCUT2D eigenvalue weighted by molar-refractivity contribution is 0.0634. The fourth-order valence-electron chi connectivity index (χ4n) is 2.78. The van der Waals surface area contributed by atoms with E-state index in [1.165, 1.54) is 11.3 Å². The first-order chi connectivity index (χ1) is 12.2. The van der Waals surface area contributed by atoms with Crippen LogP contribution in [-0.4, -0.2) is 22.8 Å². The van der Waals surface area contributed by atoms with E-state index in [4.69, 9.17) is 4.74 Å². The molecule has 0 saturated carbocycles. The molecular formula is C20H25NO4S. The smallest absolute Gasteiger partial charge is 0.412 e. The maximum Gasteiger partial charge on any atom is 0.412 e. The number of amides is 1. The summed E-state index contributed by atoms with van der Waals surface area (Å²) < 4.78 is 5.41. The van der Waals surface area contributed by atoms with Crippen molar-refractivity contribution in [3.63, 3.8) is 0 Å². The van der Waals surface area contributed by atoms with Gasteiger partial charge in [-0.05, 0) is 56.9 Å². The largest absolute Gasteiger partial charge is 0.477 e. The Balaban J connectivity index is 2.53.